The molecule has 0 fully saturated rings. The Hall–Kier alpha value is -1.08. The van der Waals surface area contributed by atoms with E-state index < -0.39 is 0 Å². The van der Waals surface area contributed by atoms with E-state index in [9.17, 15) is 0 Å². The van der Waals surface area contributed by atoms with Crippen molar-refractivity contribution < 1.29 is 0 Å². The fraction of sp³-hybridized carbons (Fsp3) is 0.556. The van der Waals surface area contributed by atoms with Gasteiger partial charge in [-0.2, -0.15) is 0 Å². The van der Waals surface area contributed by atoms with Crippen LogP contribution in [0.3, 0.4) is 0 Å². The zero-order valence-electron chi connectivity index (χ0n) is 12.9. The summed E-state index contributed by atoms with van der Waals surface area (Å²) in [6.45, 7) is 10.0. The first-order valence-electron chi connectivity index (χ1n) is 7.51. The predicted molar refractivity (Wildman–Crippen MR) is 85.3 cm³/mol. The average Bonchev–Trinajstić information content (AvgIpc) is 2.39. The monoisotopic (exact) mass is 259 g/mol. The van der Waals surface area contributed by atoms with Crippen LogP contribution < -0.4 is 5.32 Å². The van der Waals surface area contributed by atoms with Crippen molar-refractivity contribution in [2.75, 3.05) is 6.54 Å². The fourth-order valence-corrected chi connectivity index (χ4v) is 2.21. The second kappa shape index (κ2) is 8.92. The third-order valence-corrected chi connectivity index (χ3v) is 3.60. The second-order valence-corrected chi connectivity index (χ2v) is 5.84. The molecule has 0 aliphatic rings. The van der Waals surface area contributed by atoms with Gasteiger partial charge < -0.3 is 5.32 Å². The van der Waals surface area contributed by atoms with Gasteiger partial charge in [-0.05, 0) is 58.1 Å². The average molecular weight is 259 g/mol. The van der Waals surface area contributed by atoms with Crippen LogP contribution in [0.4, 0.5) is 0 Å². The Kier molecular flexibility index (Phi) is 7.50. The molecule has 1 aromatic carbocycles. The maximum absolute atomic E-state index is 3.61. The molecule has 0 saturated heterocycles. The Balaban J connectivity index is 2.18. The SMILES string of the molecule is CC(C)=CCC[C@H](C)CCN[C@H](C)c1ccccc1. The van der Waals surface area contributed by atoms with Crippen LogP contribution >= 0.6 is 0 Å². The quantitative estimate of drug-likeness (QED) is 0.640. The van der Waals surface area contributed by atoms with Crippen molar-refractivity contribution in [3.63, 3.8) is 0 Å². The molecule has 0 amide bonds. The summed E-state index contributed by atoms with van der Waals surface area (Å²) in [6, 6.07) is 11.1. The highest BCUT2D eigenvalue weighted by molar-refractivity contribution is 5.17. The minimum atomic E-state index is 0.450. The number of nitrogens with one attached hydrogen (secondary N) is 1. The summed E-state index contributed by atoms with van der Waals surface area (Å²) in [5, 5.41) is 3.61. The van der Waals surface area contributed by atoms with E-state index in [1.54, 1.807) is 0 Å². The Labute approximate surface area is 119 Å². The topological polar surface area (TPSA) is 12.0 Å². The maximum Gasteiger partial charge on any atom is 0.0291 e. The van der Waals surface area contributed by atoms with Crippen LogP contribution in [0.1, 0.15) is 58.6 Å². The van der Waals surface area contributed by atoms with E-state index in [4.69, 9.17) is 0 Å². The van der Waals surface area contributed by atoms with E-state index >= 15 is 0 Å². The third-order valence-electron chi connectivity index (χ3n) is 3.60. The standard InChI is InChI=1S/C18H29N/c1-15(2)9-8-10-16(3)13-14-19-17(4)18-11-6-5-7-12-18/h5-7,9,11-12,16-17,19H,8,10,13-14H2,1-4H3/t16-,17+/m0/s1. The molecule has 19 heavy (non-hydrogen) atoms. The van der Waals surface area contributed by atoms with Crippen molar-refractivity contribution in [2.24, 2.45) is 5.92 Å². The Bertz CT molecular complexity index is 363. The summed E-state index contributed by atoms with van der Waals surface area (Å²) >= 11 is 0. The van der Waals surface area contributed by atoms with Gasteiger partial charge in [-0.1, -0.05) is 48.9 Å². The first-order chi connectivity index (χ1) is 9.09. The van der Waals surface area contributed by atoms with E-state index in [2.05, 4.69) is 69.4 Å². The minimum absolute atomic E-state index is 0.450. The molecular formula is C18H29N. The first kappa shape index (κ1) is 16.0. The number of rotatable bonds is 8. The molecule has 1 aromatic rings. The summed E-state index contributed by atoms with van der Waals surface area (Å²) < 4.78 is 0. The van der Waals surface area contributed by atoms with E-state index in [1.165, 1.54) is 30.4 Å². The first-order valence-corrected chi connectivity index (χ1v) is 7.51. The van der Waals surface area contributed by atoms with Crippen LogP contribution in [0.5, 0.6) is 0 Å². The smallest absolute Gasteiger partial charge is 0.0291 e. The van der Waals surface area contributed by atoms with Gasteiger partial charge in [0.05, 0.1) is 0 Å². The number of hydrogen-bond acceptors (Lipinski definition) is 1. The van der Waals surface area contributed by atoms with Crippen LogP contribution in [0, 0.1) is 5.92 Å². The molecule has 1 rings (SSSR count). The summed E-state index contributed by atoms with van der Waals surface area (Å²) in [6.07, 6.45) is 6.12. The zero-order valence-corrected chi connectivity index (χ0v) is 12.9. The predicted octanol–water partition coefficient (Wildman–Crippen LogP) is 5.11. The van der Waals surface area contributed by atoms with Crippen molar-refractivity contribution in [1.82, 2.24) is 5.32 Å². The van der Waals surface area contributed by atoms with Gasteiger partial charge in [0, 0.05) is 6.04 Å². The van der Waals surface area contributed by atoms with Gasteiger partial charge in [0.15, 0.2) is 0 Å². The molecule has 0 aliphatic heterocycles. The molecule has 2 atom stereocenters. The van der Waals surface area contributed by atoms with Gasteiger partial charge >= 0.3 is 0 Å². The molecule has 0 unspecified atom stereocenters. The molecule has 1 nitrogen and oxygen atoms in total. The molecule has 0 spiro atoms. The van der Waals surface area contributed by atoms with Crippen LogP contribution in [0.25, 0.3) is 0 Å². The van der Waals surface area contributed by atoms with E-state index in [0.717, 1.165) is 12.5 Å². The molecule has 106 valence electrons. The lowest BCUT2D eigenvalue weighted by Crippen LogP contribution is -2.21. The van der Waals surface area contributed by atoms with Crippen molar-refractivity contribution in [1.29, 1.82) is 0 Å². The van der Waals surface area contributed by atoms with Gasteiger partial charge in [0.2, 0.25) is 0 Å². The Morgan fingerprint density at radius 3 is 2.42 bits per heavy atom. The van der Waals surface area contributed by atoms with Crippen LogP contribution in [0.2, 0.25) is 0 Å². The second-order valence-electron chi connectivity index (χ2n) is 5.84. The highest BCUT2D eigenvalue weighted by Gasteiger charge is 2.05. The minimum Gasteiger partial charge on any atom is -0.310 e. The number of benzene rings is 1. The third kappa shape index (κ3) is 7.17. The number of hydrogen-bond donors (Lipinski definition) is 1. The van der Waals surface area contributed by atoms with Gasteiger partial charge in [0.25, 0.3) is 0 Å². The van der Waals surface area contributed by atoms with Crippen molar-refractivity contribution in [2.45, 2.75) is 53.0 Å². The van der Waals surface area contributed by atoms with Gasteiger partial charge in [-0.25, -0.2) is 0 Å². The molecule has 0 heterocycles. The van der Waals surface area contributed by atoms with Gasteiger partial charge in [-0.3, -0.25) is 0 Å². The van der Waals surface area contributed by atoms with Crippen molar-refractivity contribution >= 4 is 0 Å². The summed E-state index contributed by atoms with van der Waals surface area (Å²) in [5.74, 6) is 0.797. The van der Waals surface area contributed by atoms with Crippen LogP contribution in [-0.2, 0) is 0 Å². The molecule has 1 heteroatoms. The number of allylic oxidation sites excluding steroid dienone is 2. The molecule has 0 bridgehead atoms. The Morgan fingerprint density at radius 2 is 1.79 bits per heavy atom. The zero-order chi connectivity index (χ0) is 14.1. The van der Waals surface area contributed by atoms with E-state index in [1.807, 2.05) is 0 Å². The van der Waals surface area contributed by atoms with Crippen molar-refractivity contribution in [3.05, 3.63) is 47.5 Å². The summed E-state index contributed by atoms with van der Waals surface area (Å²) in [7, 11) is 0. The summed E-state index contributed by atoms with van der Waals surface area (Å²) in [4.78, 5) is 0. The lowest BCUT2D eigenvalue weighted by atomic mass is 10.0. The lowest BCUT2D eigenvalue weighted by Gasteiger charge is -2.16. The van der Waals surface area contributed by atoms with Crippen LogP contribution in [-0.4, -0.2) is 6.54 Å². The van der Waals surface area contributed by atoms with Gasteiger partial charge in [0.1, 0.15) is 0 Å². The molecule has 0 aliphatic carbocycles. The molecular weight excluding hydrogens is 230 g/mol. The fourth-order valence-electron chi connectivity index (χ4n) is 2.21. The molecule has 0 aromatic heterocycles. The molecule has 0 radical (unpaired) electrons. The lowest BCUT2D eigenvalue weighted by molar-refractivity contribution is 0.452. The highest BCUT2D eigenvalue weighted by atomic mass is 14.9. The normalized spacial score (nSPS) is 13.9. The van der Waals surface area contributed by atoms with Crippen LogP contribution in [0.15, 0.2) is 42.0 Å². The van der Waals surface area contributed by atoms with E-state index in [0.29, 0.717) is 6.04 Å². The molecule has 1 N–H and O–H groups in total. The van der Waals surface area contributed by atoms with Crippen molar-refractivity contribution in [3.8, 4) is 0 Å². The Morgan fingerprint density at radius 1 is 1.11 bits per heavy atom. The largest absolute Gasteiger partial charge is 0.310 e. The summed E-state index contributed by atoms with van der Waals surface area (Å²) in [5.41, 5.74) is 2.81. The van der Waals surface area contributed by atoms with E-state index in [-0.39, 0.29) is 0 Å². The molecule has 0 saturated carbocycles. The maximum atomic E-state index is 3.61. The van der Waals surface area contributed by atoms with Gasteiger partial charge in [-0.15, -0.1) is 0 Å². The highest BCUT2D eigenvalue weighted by Crippen LogP contribution is 2.14.